The van der Waals surface area contributed by atoms with Crippen molar-refractivity contribution < 1.29 is 9.18 Å². The van der Waals surface area contributed by atoms with E-state index in [1.54, 1.807) is 23.7 Å². The zero-order valence-electron chi connectivity index (χ0n) is 16.6. The molecular formula is C21H21FN6OS. The summed E-state index contributed by atoms with van der Waals surface area (Å²) in [6, 6.07) is 7.58. The number of aromatic nitrogens is 3. The van der Waals surface area contributed by atoms with Crippen LogP contribution in [0.15, 0.2) is 36.7 Å². The number of hydrogen-bond acceptors (Lipinski definition) is 6. The fraction of sp³-hybridized carbons (Fsp3) is 0.286. The number of halogens is 1. The number of pyridine rings is 2. The molecule has 5 heterocycles. The monoisotopic (exact) mass is 424 g/mol. The molecule has 4 aromatic heterocycles. The van der Waals surface area contributed by atoms with Crippen LogP contribution in [0.3, 0.4) is 0 Å². The van der Waals surface area contributed by atoms with Gasteiger partial charge in [-0.2, -0.15) is 0 Å². The van der Waals surface area contributed by atoms with Crippen LogP contribution in [0.25, 0.3) is 15.9 Å². The van der Waals surface area contributed by atoms with Crippen LogP contribution in [0.5, 0.6) is 0 Å². The molecule has 1 fully saturated rings. The van der Waals surface area contributed by atoms with Gasteiger partial charge in [0.1, 0.15) is 10.6 Å². The lowest BCUT2D eigenvalue weighted by Gasteiger charge is -2.17. The van der Waals surface area contributed by atoms with Crippen LogP contribution in [0.1, 0.15) is 21.8 Å². The van der Waals surface area contributed by atoms with Crippen molar-refractivity contribution in [3.05, 3.63) is 53.0 Å². The first kappa shape index (κ1) is 19.0. The minimum Gasteiger partial charge on any atom is -0.355 e. The van der Waals surface area contributed by atoms with Crippen molar-refractivity contribution in [1.29, 1.82) is 0 Å². The summed E-state index contributed by atoms with van der Waals surface area (Å²) < 4.78 is 15.9. The Morgan fingerprint density at radius 1 is 1.27 bits per heavy atom. The normalized spacial score (nSPS) is 16.6. The van der Waals surface area contributed by atoms with Gasteiger partial charge in [-0.3, -0.25) is 4.79 Å². The molecule has 30 heavy (non-hydrogen) atoms. The van der Waals surface area contributed by atoms with E-state index in [-0.39, 0.29) is 11.6 Å². The molecule has 1 atom stereocenters. The molecule has 1 amide bonds. The third-order valence-electron chi connectivity index (χ3n) is 5.40. The predicted molar refractivity (Wildman–Crippen MR) is 117 cm³/mol. The molecule has 154 valence electrons. The van der Waals surface area contributed by atoms with E-state index in [1.165, 1.54) is 17.4 Å². The Hall–Kier alpha value is -3.04. The molecule has 4 aromatic rings. The minimum atomic E-state index is -0.478. The average molecular weight is 425 g/mol. The summed E-state index contributed by atoms with van der Waals surface area (Å²) in [7, 11) is 1.98. The Bertz CT molecular complexity index is 1270. The predicted octanol–water partition coefficient (Wildman–Crippen LogP) is 3.44. The van der Waals surface area contributed by atoms with E-state index in [0.717, 1.165) is 35.5 Å². The van der Waals surface area contributed by atoms with Gasteiger partial charge in [0.05, 0.1) is 16.3 Å². The molecule has 0 aromatic carbocycles. The summed E-state index contributed by atoms with van der Waals surface area (Å²) in [5.41, 5.74) is 1.33. The third kappa shape index (κ3) is 3.40. The van der Waals surface area contributed by atoms with Gasteiger partial charge in [-0.05, 0) is 38.6 Å². The zero-order chi connectivity index (χ0) is 20.8. The van der Waals surface area contributed by atoms with Crippen LogP contribution >= 0.6 is 11.3 Å². The van der Waals surface area contributed by atoms with Crippen LogP contribution < -0.4 is 15.5 Å². The molecule has 7 nitrogen and oxygen atoms in total. The quantitative estimate of drug-likeness (QED) is 0.525. The second-order valence-electron chi connectivity index (χ2n) is 7.54. The zero-order valence-corrected chi connectivity index (χ0v) is 17.5. The summed E-state index contributed by atoms with van der Waals surface area (Å²) in [4.78, 5) is 25.3. The molecule has 9 heteroatoms. The molecule has 0 aliphatic carbocycles. The highest BCUT2D eigenvalue weighted by Crippen LogP contribution is 2.28. The molecule has 0 bridgehead atoms. The summed E-state index contributed by atoms with van der Waals surface area (Å²) in [6.45, 7) is 3.68. The van der Waals surface area contributed by atoms with Gasteiger partial charge in [0.15, 0.2) is 11.5 Å². The molecule has 5 rings (SSSR count). The lowest BCUT2D eigenvalue weighted by Crippen LogP contribution is -2.29. The maximum Gasteiger partial charge on any atom is 0.265 e. The first-order chi connectivity index (χ1) is 14.5. The second kappa shape index (κ2) is 7.33. The SMILES string of the molecule is CNC1CCN(c2ccc3cc(C(=O)Nc4cc(F)c5nc(C)cn5c4)sc3n2)C1. The van der Waals surface area contributed by atoms with E-state index in [9.17, 15) is 9.18 Å². The Morgan fingerprint density at radius 2 is 2.13 bits per heavy atom. The molecule has 1 aliphatic heterocycles. The Kier molecular flexibility index (Phi) is 4.63. The molecule has 0 radical (unpaired) electrons. The van der Waals surface area contributed by atoms with Gasteiger partial charge in [0, 0.05) is 43.0 Å². The second-order valence-corrected chi connectivity index (χ2v) is 8.57. The van der Waals surface area contributed by atoms with E-state index in [4.69, 9.17) is 4.98 Å². The highest BCUT2D eigenvalue weighted by molar-refractivity contribution is 7.20. The van der Waals surface area contributed by atoms with Gasteiger partial charge in [0.25, 0.3) is 5.91 Å². The van der Waals surface area contributed by atoms with Crippen LogP contribution in [-0.4, -0.2) is 46.5 Å². The first-order valence-electron chi connectivity index (χ1n) is 9.79. The molecule has 1 unspecified atom stereocenters. The van der Waals surface area contributed by atoms with Gasteiger partial charge in [0.2, 0.25) is 0 Å². The maximum absolute atomic E-state index is 14.3. The van der Waals surface area contributed by atoms with Gasteiger partial charge in [-0.15, -0.1) is 11.3 Å². The van der Waals surface area contributed by atoms with Gasteiger partial charge < -0.3 is 19.9 Å². The number of fused-ring (bicyclic) bond motifs is 2. The fourth-order valence-corrected chi connectivity index (χ4v) is 4.76. The standard InChI is InChI=1S/C21H21FN6OS/c1-12-9-28-11-15(8-16(22)19(28)24-12)25-20(29)17-7-13-3-4-18(26-21(13)30-17)27-6-5-14(10-27)23-2/h3-4,7-9,11,14,23H,5-6,10H2,1-2H3,(H,25,29). The molecule has 0 saturated carbocycles. The number of rotatable bonds is 4. The summed E-state index contributed by atoms with van der Waals surface area (Å²) >= 11 is 1.34. The van der Waals surface area contributed by atoms with Crippen molar-refractivity contribution in [3.63, 3.8) is 0 Å². The molecule has 1 saturated heterocycles. The van der Waals surface area contributed by atoms with Crippen LogP contribution in [-0.2, 0) is 0 Å². The molecule has 2 N–H and O–H groups in total. The van der Waals surface area contributed by atoms with E-state index in [1.807, 2.05) is 25.2 Å². The van der Waals surface area contributed by atoms with E-state index >= 15 is 0 Å². The molecule has 0 spiro atoms. The Balaban J connectivity index is 1.38. The van der Waals surface area contributed by atoms with Crippen LogP contribution in [0.2, 0.25) is 0 Å². The van der Waals surface area contributed by atoms with E-state index in [0.29, 0.717) is 22.3 Å². The van der Waals surface area contributed by atoms with Crippen molar-refractivity contribution >= 4 is 44.6 Å². The number of likely N-dealkylation sites (N-methyl/N-ethyl adjacent to an activating group) is 1. The van der Waals surface area contributed by atoms with E-state index in [2.05, 4.69) is 20.5 Å². The largest absolute Gasteiger partial charge is 0.355 e. The molecule has 1 aliphatic rings. The summed E-state index contributed by atoms with van der Waals surface area (Å²) in [5.74, 6) is 0.164. The topological polar surface area (TPSA) is 74.6 Å². The Labute approximate surface area is 176 Å². The lowest BCUT2D eigenvalue weighted by molar-refractivity contribution is 0.103. The third-order valence-corrected chi connectivity index (χ3v) is 6.44. The minimum absolute atomic E-state index is 0.242. The number of amides is 1. The van der Waals surface area contributed by atoms with E-state index < -0.39 is 5.82 Å². The summed E-state index contributed by atoms with van der Waals surface area (Å²) in [5, 5.41) is 7.01. The van der Waals surface area contributed by atoms with Gasteiger partial charge >= 0.3 is 0 Å². The number of aryl methyl sites for hydroxylation is 1. The van der Waals surface area contributed by atoms with Gasteiger partial charge in [-0.25, -0.2) is 14.4 Å². The van der Waals surface area contributed by atoms with Crippen molar-refractivity contribution in [2.75, 3.05) is 30.4 Å². The number of anilines is 2. The number of hydrogen-bond donors (Lipinski definition) is 2. The number of nitrogens with one attached hydrogen (secondary N) is 2. The van der Waals surface area contributed by atoms with Crippen molar-refractivity contribution in [1.82, 2.24) is 19.7 Å². The number of imidazole rings is 1. The van der Waals surface area contributed by atoms with Gasteiger partial charge in [-0.1, -0.05) is 0 Å². The highest BCUT2D eigenvalue weighted by atomic mass is 32.1. The van der Waals surface area contributed by atoms with Crippen molar-refractivity contribution in [2.45, 2.75) is 19.4 Å². The Morgan fingerprint density at radius 3 is 2.93 bits per heavy atom. The van der Waals surface area contributed by atoms with Crippen molar-refractivity contribution in [2.24, 2.45) is 0 Å². The van der Waals surface area contributed by atoms with Crippen LogP contribution in [0, 0.1) is 12.7 Å². The average Bonchev–Trinajstić information content (AvgIpc) is 3.44. The van der Waals surface area contributed by atoms with Crippen LogP contribution in [0.4, 0.5) is 15.9 Å². The van der Waals surface area contributed by atoms with Crippen molar-refractivity contribution in [3.8, 4) is 0 Å². The number of thiophene rings is 1. The highest BCUT2D eigenvalue weighted by Gasteiger charge is 2.22. The first-order valence-corrected chi connectivity index (χ1v) is 10.6. The fourth-order valence-electron chi connectivity index (χ4n) is 3.84. The lowest BCUT2D eigenvalue weighted by atomic mass is 10.3. The summed E-state index contributed by atoms with van der Waals surface area (Å²) in [6.07, 6.45) is 4.47. The number of carbonyl (C=O) groups is 1. The number of carbonyl (C=O) groups excluding carboxylic acids is 1. The number of nitrogens with zero attached hydrogens (tertiary/aromatic N) is 4. The molecular weight excluding hydrogens is 403 g/mol. The smallest absolute Gasteiger partial charge is 0.265 e. The maximum atomic E-state index is 14.3.